The van der Waals surface area contributed by atoms with Crippen LogP contribution in [0.2, 0.25) is 0 Å². The smallest absolute Gasteiger partial charge is 0.337 e. The molecule has 7 nitrogen and oxygen atoms in total. The molecule has 1 aromatic rings. The van der Waals surface area contributed by atoms with Crippen molar-refractivity contribution in [1.29, 1.82) is 0 Å². The molecular weight excluding hydrogens is 645 g/mol. The van der Waals surface area contributed by atoms with Gasteiger partial charge in [-0.2, -0.15) is 4.99 Å². The maximum Gasteiger partial charge on any atom is 0.337 e. The third-order valence-electron chi connectivity index (χ3n) is 2.14. The molecule has 0 heterocycles. The van der Waals surface area contributed by atoms with Gasteiger partial charge in [-0.1, -0.05) is 0 Å². The first-order valence-electron chi connectivity index (χ1n) is 6.08. The quantitative estimate of drug-likeness (QED) is 0.219. The first-order valence-corrected chi connectivity index (χ1v) is 9.32. The highest BCUT2D eigenvalue weighted by Crippen LogP contribution is 2.33. The Kier molecular flexibility index (Phi) is 11.9. The van der Waals surface area contributed by atoms with Crippen molar-refractivity contribution < 1.29 is 24.2 Å². The van der Waals surface area contributed by atoms with Crippen LogP contribution in [0.25, 0.3) is 0 Å². The Hall–Kier alpha value is -0.310. The van der Waals surface area contributed by atoms with Crippen LogP contribution in [0.5, 0.6) is 0 Å². The van der Waals surface area contributed by atoms with E-state index in [1.807, 2.05) is 67.8 Å². The van der Waals surface area contributed by atoms with Gasteiger partial charge in [0.1, 0.15) is 5.69 Å². The fourth-order valence-electron chi connectivity index (χ4n) is 1.28. The summed E-state index contributed by atoms with van der Waals surface area (Å²) in [6.07, 6.45) is 1.42. The maximum absolute atomic E-state index is 11.0. The Morgan fingerprint density at radius 3 is 2.39 bits per heavy atom. The van der Waals surface area contributed by atoms with Crippen LogP contribution in [-0.4, -0.2) is 43.3 Å². The average molecular weight is 658 g/mol. The number of rotatable bonds is 5. The van der Waals surface area contributed by atoms with Gasteiger partial charge in [-0.25, -0.2) is 9.59 Å². The number of carboxylic acids is 1. The van der Waals surface area contributed by atoms with Crippen molar-refractivity contribution >= 4 is 91.5 Å². The van der Waals surface area contributed by atoms with Crippen LogP contribution < -0.4 is 5.32 Å². The van der Waals surface area contributed by atoms with E-state index in [9.17, 15) is 14.4 Å². The monoisotopic (exact) mass is 658 g/mol. The number of nitrogens with one attached hydrogen (secondary N) is 1. The molecule has 0 spiro atoms. The van der Waals surface area contributed by atoms with Gasteiger partial charge >= 0.3 is 11.9 Å². The van der Waals surface area contributed by atoms with Crippen LogP contribution in [0.1, 0.15) is 17.3 Å². The van der Waals surface area contributed by atoms with Crippen molar-refractivity contribution in [1.82, 2.24) is 5.32 Å². The van der Waals surface area contributed by atoms with E-state index in [0.29, 0.717) is 26.0 Å². The number of esters is 1. The minimum absolute atomic E-state index is 0.172. The molecule has 1 aromatic carbocycles. The summed E-state index contributed by atoms with van der Waals surface area (Å²) < 4.78 is 6.39. The second-order valence-electron chi connectivity index (χ2n) is 3.72. The van der Waals surface area contributed by atoms with E-state index in [1.54, 1.807) is 20.0 Å². The summed E-state index contributed by atoms with van der Waals surface area (Å²) in [5.74, 6) is -1.22. The third kappa shape index (κ3) is 7.87. The maximum atomic E-state index is 11.0. The zero-order valence-electron chi connectivity index (χ0n) is 12.2. The number of aromatic carboxylic acids is 1. The molecule has 0 radical (unpaired) electrons. The second-order valence-corrected chi connectivity index (χ2v) is 7.12. The Labute approximate surface area is 174 Å². The van der Waals surface area contributed by atoms with Crippen LogP contribution in [0.15, 0.2) is 11.1 Å². The normalized spacial score (nSPS) is 9.26. The SMILES string of the molecule is CCOC(=O)CNC.O=C=Nc1c(I)cc(I)c(C(=O)O)c1I. The lowest BCUT2D eigenvalue weighted by Gasteiger charge is -2.06. The summed E-state index contributed by atoms with van der Waals surface area (Å²) in [4.78, 5) is 35.0. The number of carboxylic acid groups (broad SMARTS) is 1. The van der Waals surface area contributed by atoms with Crippen molar-refractivity contribution in [3.8, 4) is 0 Å². The Bertz CT molecular complexity index is 596. The first-order chi connectivity index (χ1) is 10.8. The molecule has 0 saturated heterocycles. The minimum atomic E-state index is -1.03. The largest absolute Gasteiger partial charge is 0.478 e. The van der Waals surface area contributed by atoms with Gasteiger partial charge < -0.3 is 15.2 Å². The van der Waals surface area contributed by atoms with Gasteiger partial charge in [0, 0.05) is 7.14 Å². The Morgan fingerprint density at radius 2 is 1.96 bits per heavy atom. The molecule has 2 N–H and O–H groups in total. The number of carbonyl (C=O) groups excluding carboxylic acids is 2. The summed E-state index contributed by atoms with van der Waals surface area (Å²) >= 11 is 5.81. The molecule has 0 saturated carbocycles. The molecule has 1 rings (SSSR count). The van der Waals surface area contributed by atoms with E-state index in [2.05, 4.69) is 15.0 Å². The molecule has 0 aliphatic heterocycles. The standard InChI is InChI=1S/C8H2I3NO3.C5H11NO2/c9-3-1-4(10)7(12-2-13)6(11)5(3)8(14)15;1-3-8-5(7)4-6-2/h1H,(H,14,15);6H,3-4H2,1-2H3. The van der Waals surface area contributed by atoms with Crippen LogP contribution in [0.3, 0.4) is 0 Å². The lowest BCUT2D eigenvalue weighted by Crippen LogP contribution is -2.20. The summed E-state index contributed by atoms with van der Waals surface area (Å²) in [7, 11) is 1.71. The van der Waals surface area contributed by atoms with Crippen molar-refractivity contribution in [3.05, 3.63) is 22.3 Å². The predicted octanol–water partition coefficient (Wildman–Crippen LogP) is 2.93. The summed E-state index contributed by atoms with van der Waals surface area (Å²) in [6, 6.07) is 1.67. The highest BCUT2D eigenvalue weighted by Gasteiger charge is 2.18. The summed E-state index contributed by atoms with van der Waals surface area (Å²) in [6.45, 7) is 2.54. The van der Waals surface area contributed by atoms with E-state index < -0.39 is 5.97 Å². The Morgan fingerprint density at radius 1 is 1.35 bits per heavy atom. The van der Waals surface area contributed by atoms with Gasteiger partial charge in [-0.3, -0.25) is 4.79 Å². The van der Waals surface area contributed by atoms with Gasteiger partial charge in [0.2, 0.25) is 6.08 Å². The zero-order chi connectivity index (χ0) is 18.0. The van der Waals surface area contributed by atoms with Gasteiger partial charge in [0.25, 0.3) is 0 Å². The lowest BCUT2D eigenvalue weighted by molar-refractivity contribution is -0.141. The topological polar surface area (TPSA) is 105 Å². The van der Waals surface area contributed by atoms with Crippen molar-refractivity contribution in [2.75, 3.05) is 20.2 Å². The number of hydrogen-bond donors (Lipinski definition) is 2. The first kappa shape index (κ1) is 22.7. The fourth-order valence-corrected chi connectivity index (χ4v) is 5.35. The molecule has 0 amide bonds. The second kappa shape index (κ2) is 12.1. The number of hydrogen-bond acceptors (Lipinski definition) is 6. The van der Waals surface area contributed by atoms with Crippen LogP contribution in [0, 0.1) is 10.7 Å². The molecule has 0 atom stereocenters. The van der Waals surface area contributed by atoms with E-state index in [-0.39, 0.29) is 11.5 Å². The molecule has 0 fully saturated rings. The summed E-state index contributed by atoms with van der Waals surface area (Å²) in [5.41, 5.74) is 0.537. The van der Waals surface area contributed by atoms with Gasteiger partial charge in [0.05, 0.1) is 22.3 Å². The third-order valence-corrected chi connectivity index (χ3v) is 4.87. The number of benzene rings is 1. The molecule has 0 unspecified atom stereocenters. The number of aliphatic imine (C=N–C) groups is 1. The summed E-state index contributed by atoms with van der Waals surface area (Å²) in [5, 5.41) is 11.7. The number of ether oxygens (including phenoxy) is 1. The average Bonchev–Trinajstić information content (AvgIpc) is 2.44. The number of carbonyl (C=O) groups is 2. The highest BCUT2D eigenvalue weighted by atomic mass is 127. The van der Waals surface area contributed by atoms with Gasteiger partial charge in [0.15, 0.2) is 0 Å². The van der Waals surface area contributed by atoms with E-state index in [1.165, 1.54) is 6.08 Å². The van der Waals surface area contributed by atoms with Crippen molar-refractivity contribution in [2.45, 2.75) is 6.92 Å². The molecule has 126 valence electrons. The van der Waals surface area contributed by atoms with E-state index >= 15 is 0 Å². The molecule has 0 aliphatic carbocycles. The Balaban J connectivity index is 0.000000515. The van der Waals surface area contributed by atoms with Gasteiger partial charge in [-0.05, 0) is 87.8 Å². The molecule has 10 heteroatoms. The number of nitrogens with zero attached hydrogens (tertiary/aromatic N) is 1. The molecule has 0 aromatic heterocycles. The number of halogens is 3. The van der Waals surface area contributed by atoms with Crippen LogP contribution >= 0.6 is 67.8 Å². The van der Waals surface area contributed by atoms with Crippen LogP contribution in [0.4, 0.5) is 5.69 Å². The molecule has 0 aliphatic rings. The molecule has 23 heavy (non-hydrogen) atoms. The molecule has 0 bridgehead atoms. The zero-order valence-corrected chi connectivity index (χ0v) is 18.6. The molecular formula is C13H13I3N2O5. The lowest BCUT2D eigenvalue weighted by atomic mass is 10.2. The van der Waals surface area contributed by atoms with Crippen molar-refractivity contribution in [3.63, 3.8) is 0 Å². The van der Waals surface area contributed by atoms with Crippen LogP contribution in [-0.2, 0) is 14.3 Å². The minimum Gasteiger partial charge on any atom is -0.478 e. The van der Waals surface area contributed by atoms with E-state index in [4.69, 9.17) is 5.11 Å². The number of likely N-dealkylation sites (N-methyl/N-ethyl adjacent to an activating group) is 1. The fraction of sp³-hybridized carbons (Fsp3) is 0.308. The number of isocyanates is 1. The predicted molar refractivity (Wildman–Crippen MR) is 110 cm³/mol. The van der Waals surface area contributed by atoms with E-state index in [0.717, 1.165) is 3.57 Å². The highest BCUT2D eigenvalue weighted by molar-refractivity contribution is 14.1. The van der Waals surface area contributed by atoms with Gasteiger partial charge in [-0.15, -0.1) is 0 Å². The van der Waals surface area contributed by atoms with Crippen molar-refractivity contribution in [2.24, 2.45) is 4.99 Å².